The second kappa shape index (κ2) is 7.21. The Morgan fingerprint density at radius 3 is 2.57 bits per heavy atom. The van der Waals surface area contributed by atoms with Crippen LogP contribution in [-0.2, 0) is 13.0 Å². The standard InChI is InChI=1S/C17H24N4O2/c22-12-17(10-15-4-2-1-3-5-15)11-20(7-6-16(17)23)8-9-21-13-18-19-14-21/h1-5,13-14,16,22-23H,6-12H2/t16-,17+/m0/s1. The molecule has 1 saturated heterocycles. The molecule has 1 aliphatic rings. The Hall–Kier alpha value is -1.76. The van der Waals surface area contributed by atoms with E-state index in [1.165, 1.54) is 0 Å². The molecule has 1 aromatic heterocycles. The Labute approximate surface area is 136 Å². The summed E-state index contributed by atoms with van der Waals surface area (Å²) in [6, 6.07) is 10.1. The fourth-order valence-corrected chi connectivity index (χ4v) is 3.41. The first-order chi connectivity index (χ1) is 11.2. The van der Waals surface area contributed by atoms with Crippen molar-refractivity contribution in [3.63, 3.8) is 0 Å². The van der Waals surface area contributed by atoms with Crippen LogP contribution >= 0.6 is 0 Å². The van der Waals surface area contributed by atoms with Gasteiger partial charge in [0.05, 0.1) is 12.7 Å². The number of benzene rings is 1. The summed E-state index contributed by atoms with van der Waals surface area (Å²) < 4.78 is 1.95. The number of piperidine rings is 1. The van der Waals surface area contributed by atoms with Crippen molar-refractivity contribution in [1.82, 2.24) is 19.7 Å². The third kappa shape index (κ3) is 3.77. The zero-order valence-electron chi connectivity index (χ0n) is 13.3. The zero-order chi connectivity index (χ0) is 16.1. The van der Waals surface area contributed by atoms with Gasteiger partial charge in [0, 0.05) is 31.6 Å². The van der Waals surface area contributed by atoms with Gasteiger partial charge in [0.1, 0.15) is 12.7 Å². The number of hydrogen-bond acceptors (Lipinski definition) is 5. The predicted molar refractivity (Wildman–Crippen MR) is 86.8 cm³/mol. The number of nitrogens with zero attached hydrogens (tertiary/aromatic N) is 4. The van der Waals surface area contributed by atoms with E-state index in [4.69, 9.17) is 0 Å². The molecule has 2 aromatic rings. The van der Waals surface area contributed by atoms with Crippen molar-refractivity contribution >= 4 is 0 Å². The molecule has 0 saturated carbocycles. The van der Waals surface area contributed by atoms with Crippen molar-refractivity contribution in [1.29, 1.82) is 0 Å². The number of aliphatic hydroxyl groups is 2. The van der Waals surface area contributed by atoms with E-state index in [0.29, 0.717) is 19.4 Å². The molecule has 0 amide bonds. The lowest BCUT2D eigenvalue weighted by Gasteiger charge is -2.45. The monoisotopic (exact) mass is 316 g/mol. The molecule has 3 rings (SSSR count). The summed E-state index contributed by atoms with van der Waals surface area (Å²) in [5.41, 5.74) is 0.661. The molecule has 1 fully saturated rings. The quantitative estimate of drug-likeness (QED) is 0.815. The SMILES string of the molecule is OC[C@@]1(Cc2ccccc2)CN(CCn2cnnc2)CC[C@@H]1O. The van der Waals surface area contributed by atoms with E-state index in [1.54, 1.807) is 12.7 Å². The van der Waals surface area contributed by atoms with Gasteiger partial charge in [-0.25, -0.2) is 0 Å². The van der Waals surface area contributed by atoms with Crippen molar-refractivity contribution in [3.8, 4) is 0 Å². The van der Waals surface area contributed by atoms with Crippen molar-refractivity contribution in [2.45, 2.75) is 25.5 Å². The van der Waals surface area contributed by atoms with Crippen LogP contribution in [-0.4, -0.2) is 62.2 Å². The molecule has 6 nitrogen and oxygen atoms in total. The highest BCUT2D eigenvalue weighted by molar-refractivity contribution is 5.18. The first-order valence-corrected chi connectivity index (χ1v) is 8.09. The molecule has 0 unspecified atom stereocenters. The van der Waals surface area contributed by atoms with E-state index in [9.17, 15) is 10.2 Å². The maximum absolute atomic E-state index is 10.5. The van der Waals surface area contributed by atoms with Gasteiger partial charge < -0.3 is 19.7 Å². The highest BCUT2D eigenvalue weighted by Gasteiger charge is 2.42. The number of aromatic nitrogens is 3. The topological polar surface area (TPSA) is 74.4 Å². The van der Waals surface area contributed by atoms with Gasteiger partial charge in [-0.2, -0.15) is 0 Å². The lowest BCUT2D eigenvalue weighted by atomic mass is 9.73. The average Bonchev–Trinajstić information content (AvgIpc) is 3.10. The summed E-state index contributed by atoms with van der Waals surface area (Å²) in [6.45, 7) is 3.21. The smallest absolute Gasteiger partial charge is 0.119 e. The van der Waals surface area contributed by atoms with Gasteiger partial charge in [0.25, 0.3) is 0 Å². The van der Waals surface area contributed by atoms with Gasteiger partial charge in [0.15, 0.2) is 0 Å². The van der Waals surface area contributed by atoms with E-state index in [2.05, 4.69) is 27.2 Å². The van der Waals surface area contributed by atoms with E-state index < -0.39 is 11.5 Å². The van der Waals surface area contributed by atoms with Crippen molar-refractivity contribution in [2.75, 3.05) is 26.2 Å². The summed E-state index contributed by atoms with van der Waals surface area (Å²) in [5.74, 6) is 0. The average molecular weight is 316 g/mol. The Morgan fingerprint density at radius 1 is 1.13 bits per heavy atom. The van der Waals surface area contributed by atoms with Crippen LogP contribution in [0.3, 0.4) is 0 Å². The normalized spacial score (nSPS) is 25.6. The Kier molecular flexibility index (Phi) is 5.05. The molecule has 0 bridgehead atoms. The molecular formula is C17H24N4O2. The number of likely N-dealkylation sites (tertiary alicyclic amines) is 1. The van der Waals surface area contributed by atoms with Gasteiger partial charge in [-0.3, -0.25) is 0 Å². The number of rotatable bonds is 6. The van der Waals surface area contributed by atoms with E-state index in [-0.39, 0.29) is 6.61 Å². The highest BCUT2D eigenvalue weighted by Crippen LogP contribution is 2.33. The second-order valence-electron chi connectivity index (χ2n) is 6.46. The van der Waals surface area contributed by atoms with Gasteiger partial charge in [-0.15, -0.1) is 10.2 Å². The van der Waals surface area contributed by atoms with Crippen molar-refractivity contribution < 1.29 is 10.2 Å². The lowest BCUT2D eigenvalue weighted by molar-refractivity contribution is -0.0752. The van der Waals surface area contributed by atoms with Crippen LogP contribution in [0.2, 0.25) is 0 Å². The molecule has 0 spiro atoms. The fourth-order valence-electron chi connectivity index (χ4n) is 3.41. The minimum Gasteiger partial charge on any atom is -0.396 e. The molecule has 1 aliphatic heterocycles. The van der Waals surface area contributed by atoms with Gasteiger partial charge in [-0.05, 0) is 18.4 Å². The Morgan fingerprint density at radius 2 is 1.87 bits per heavy atom. The van der Waals surface area contributed by atoms with Gasteiger partial charge >= 0.3 is 0 Å². The van der Waals surface area contributed by atoms with Crippen molar-refractivity contribution in [3.05, 3.63) is 48.5 Å². The molecule has 2 atom stereocenters. The predicted octanol–water partition coefficient (Wildman–Crippen LogP) is 0.566. The third-order valence-electron chi connectivity index (χ3n) is 4.82. The van der Waals surface area contributed by atoms with Crippen LogP contribution in [0, 0.1) is 5.41 Å². The lowest BCUT2D eigenvalue weighted by Crippen LogP contribution is -2.55. The molecule has 6 heteroatoms. The maximum atomic E-state index is 10.5. The Bertz CT molecular complexity index is 590. The van der Waals surface area contributed by atoms with Crippen LogP contribution in [0.25, 0.3) is 0 Å². The van der Waals surface area contributed by atoms with Crippen molar-refractivity contribution in [2.24, 2.45) is 5.41 Å². The minimum absolute atomic E-state index is 0.00775. The van der Waals surface area contributed by atoms with E-state index in [1.807, 2.05) is 22.8 Å². The first kappa shape index (κ1) is 16.1. The van der Waals surface area contributed by atoms with Crippen LogP contribution in [0.5, 0.6) is 0 Å². The molecule has 0 aliphatic carbocycles. The van der Waals surface area contributed by atoms with E-state index >= 15 is 0 Å². The summed E-state index contributed by atoms with van der Waals surface area (Å²) in [4.78, 5) is 2.31. The summed E-state index contributed by atoms with van der Waals surface area (Å²) >= 11 is 0. The second-order valence-corrected chi connectivity index (χ2v) is 6.46. The summed E-state index contributed by atoms with van der Waals surface area (Å²) in [5, 5.41) is 28.2. The molecule has 23 heavy (non-hydrogen) atoms. The maximum Gasteiger partial charge on any atom is 0.119 e. The van der Waals surface area contributed by atoms with Gasteiger partial charge in [0.2, 0.25) is 0 Å². The number of hydrogen-bond donors (Lipinski definition) is 2. The van der Waals surface area contributed by atoms with Crippen LogP contribution in [0.15, 0.2) is 43.0 Å². The highest BCUT2D eigenvalue weighted by atomic mass is 16.3. The molecule has 2 heterocycles. The van der Waals surface area contributed by atoms with Crippen LogP contribution in [0.1, 0.15) is 12.0 Å². The molecule has 124 valence electrons. The van der Waals surface area contributed by atoms with Gasteiger partial charge in [-0.1, -0.05) is 30.3 Å². The molecule has 1 aromatic carbocycles. The summed E-state index contributed by atoms with van der Waals surface area (Å²) in [6.07, 6.45) is 4.33. The van der Waals surface area contributed by atoms with E-state index in [0.717, 1.165) is 25.2 Å². The third-order valence-corrected chi connectivity index (χ3v) is 4.82. The van der Waals surface area contributed by atoms with Crippen LogP contribution in [0.4, 0.5) is 0 Å². The summed E-state index contributed by atoms with van der Waals surface area (Å²) in [7, 11) is 0. The fraction of sp³-hybridized carbons (Fsp3) is 0.529. The number of aliphatic hydroxyl groups excluding tert-OH is 2. The Balaban J connectivity index is 1.67. The largest absolute Gasteiger partial charge is 0.396 e. The molecular weight excluding hydrogens is 292 g/mol. The van der Waals surface area contributed by atoms with Crippen LogP contribution < -0.4 is 0 Å². The molecule has 2 N–H and O–H groups in total. The molecule has 0 radical (unpaired) electrons. The minimum atomic E-state index is -0.493. The zero-order valence-corrected chi connectivity index (χ0v) is 13.3. The first-order valence-electron chi connectivity index (χ1n) is 8.09.